The van der Waals surface area contributed by atoms with E-state index in [4.69, 9.17) is 9.47 Å². The van der Waals surface area contributed by atoms with E-state index in [0.29, 0.717) is 19.8 Å². The molecule has 1 aromatic heterocycles. The second-order valence-electron chi connectivity index (χ2n) is 6.14. The fourth-order valence-electron chi connectivity index (χ4n) is 3.07. The summed E-state index contributed by atoms with van der Waals surface area (Å²) < 4.78 is 11.4. The first-order valence-electron chi connectivity index (χ1n) is 8.58. The van der Waals surface area contributed by atoms with Crippen molar-refractivity contribution in [3.63, 3.8) is 0 Å². The minimum absolute atomic E-state index is 0.688. The second kappa shape index (κ2) is 6.95. The molecule has 1 aromatic carbocycles. The normalized spacial score (nSPS) is 16.8. The van der Waals surface area contributed by atoms with Crippen LogP contribution in [-0.2, 0) is 6.54 Å². The zero-order valence-electron chi connectivity index (χ0n) is 13.7. The number of ether oxygens (including phenoxy) is 2. The van der Waals surface area contributed by atoms with Gasteiger partial charge in [0.15, 0.2) is 11.5 Å². The lowest BCUT2D eigenvalue weighted by Crippen LogP contribution is -2.19. The number of fused-ring (bicyclic) bond motifs is 1. The molecule has 0 spiro atoms. The summed E-state index contributed by atoms with van der Waals surface area (Å²) in [4.78, 5) is 11.0. The van der Waals surface area contributed by atoms with Gasteiger partial charge >= 0.3 is 0 Å². The Hall–Kier alpha value is -2.50. The summed E-state index contributed by atoms with van der Waals surface area (Å²) in [6.07, 6.45) is 5.03. The first kappa shape index (κ1) is 15.1. The largest absolute Gasteiger partial charge is 0.490 e. The SMILES string of the molecule is c1nc(NCc2ccc3c(c2)OCCCO3)cc(N2CCCC2)n1. The van der Waals surface area contributed by atoms with Crippen LogP contribution in [0.2, 0.25) is 0 Å². The highest BCUT2D eigenvalue weighted by atomic mass is 16.5. The summed E-state index contributed by atoms with van der Waals surface area (Å²) in [7, 11) is 0. The number of hydrogen-bond donors (Lipinski definition) is 1. The van der Waals surface area contributed by atoms with Crippen LogP contribution in [0.15, 0.2) is 30.6 Å². The molecular formula is C18H22N4O2. The monoisotopic (exact) mass is 326 g/mol. The van der Waals surface area contributed by atoms with Crippen LogP contribution in [-0.4, -0.2) is 36.3 Å². The third kappa shape index (κ3) is 3.37. The molecule has 2 aliphatic heterocycles. The zero-order chi connectivity index (χ0) is 16.2. The van der Waals surface area contributed by atoms with E-state index < -0.39 is 0 Å². The first-order chi connectivity index (χ1) is 11.9. The van der Waals surface area contributed by atoms with Crippen molar-refractivity contribution in [3.8, 4) is 11.5 Å². The molecule has 1 fully saturated rings. The molecule has 0 radical (unpaired) electrons. The van der Waals surface area contributed by atoms with Gasteiger partial charge in [0, 0.05) is 32.1 Å². The highest BCUT2D eigenvalue weighted by molar-refractivity contribution is 5.50. The van der Waals surface area contributed by atoms with Crippen LogP contribution in [0, 0.1) is 0 Å². The van der Waals surface area contributed by atoms with E-state index in [1.807, 2.05) is 18.2 Å². The van der Waals surface area contributed by atoms with Crippen LogP contribution in [0.1, 0.15) is 24.8 Å². The molecule has 0 amide bonds. The molecule has 1 N–H and O–H groups in total. The number of hydrogen-bond acceptors (Lipinski definition) is 6. The van der Waals surface area contributed by atoms with E-state index in [1.165, 1.54) is 12.8 Å². The van der Waals surface area contributed by atoms with Crippen LogP contribution in [0.5, 0.6) is 11.5 Å². The van der Waals surface area contributed by atoms with Crippen molar-refractivity contribution in [3.05, 3.63) is 36.2 Å². The molecule has 2 aromatic rings. The molecule has 0 aliphatic carbocycles. The summed E-state index contributed by atoms with van der Waals surface area (Å²) in [5, 5.41) is 3.37. The smallest absolute Gasteiger partial charge is 0.161 e. The Bertz CT molecular complexity index is 701. The average Bonchev–Trinajstić information content (AvgIpc) is 3.06. The van der Waals surface area contributed by atoms with Gasteiger partial charge in [-0.3, -0.25) is 0 Å². The minimum atomic E-state index is 0.688. The Balaban J connectivity index is 1.43. The summed E-state index contributed by atoms with van der Waals surface area (Å²) in [6.45, 7) is 4.27. The van der Waals surface area contributed by atoms with Gasteiger partial charge in [0.05, 0.1) is 13.2 Å². The predicted molar refractivity (Wildman–Crippen MR) is 92.9 cm³/mol. The van der Waals surface area contributed by atoms with Crippen LogP contribution in [0.25, 0.3) is 0 Å². The van der Waals surface area contributed by atoms with Crippen molar-refractivity contribution in [1.29, 1.82) is 0 Å². The van der Waals surface area contributed by atoms with Crippen molar-refractivity contribution in [2.24, 2.45) is 0 Å². The Kier molecular flexibility index (Phi) is 4.36. The fourth-order valence-corrected chi connectivity index (χ4v) is 3.07. The molecular weight excluding hydrogens is 304 g/mol. The Morgan fingerprint density at radius 3 is 2.67 bits per heavy atom. The molecule has 6 nitrogen and oxygen atoms in total. The van der Waals surface area contributed by atoms with E-state index in [-0.39, 0.29) is 0 Å². The Morgan fingerprint density at radius 2 is 1.79 bits per heavy atom. The standard InChI is InChI=1S/C18H22N4O2/c1-2-7-22(6-1)18-11-17(20-13-21-18)19-12-14-4-5-15-16(10-14)24-9-3-8-23-15/h4-5,10-11,13H,1-3,6-9,12H2,(H,19,20,21). The summed E-state index contributed by atoms with van der Waals surface area (Å²) in [5.74, 6) is 3.50. The molecule has 0 unspecified atom stereocenters. The molecule has 0 bridgehead atoms. The van der Waals surface area contributed by atoms with Crippen LogP contribution in [0.3, 0.4) is 0 Å². The second-order valence-corrected chi connectivity index (χ2v) is 6.14. The topological polar surface area (TPSA) is 59.5 Å². The lowest BCUT2D eigenvalue weighted by molar-refractivity contribution is 0.297. The lowest BCUT2D eigenvalue weighted by Gasteiger charge is -2.16. The van der Waals surface area contributed by atoms with Gasteiger partial charge in [-0.2, -0.15) is 0 Å². The van der Waals surface area contributed by atoms with Gasteiger partial charge in [-0.15, -0.1) is 0 Å². The number of anilines is 2. The van der Waals surface area contributed by atoms with E-state index in [2.05, 4.69) is 26.3 Å². The molecule has 2 aliphatic rings. The molecule has 24 heavy (non-hydrogen) atoms. The molecule has 1 saturated heterocycles. The van der Waals surface area contributed by atoms with Gasteiger partial charge in [-0.05, 0) is 30.5 Å². The van der Waals surface area contributed by atoms with E-state index in [9.17, 15) is 0 Å². The zero-order valence-corrected chi connectivity index (χ0v) is 13.7. The average molecular weight is 326 g/mol. The number of aromatic nitrogens is 2. The van der Waals surface area contributed by atoms with Crippen molar-refractivity contribution >= 4 is 11.6 Å². The van der Waals surface area contributed by atoms with Gasteiger partial charge in [0.2, 0.25) is 0 Å². The minimum Gasteiger partial charge on any atom is -0.490 e. The third-order valence-electron chi connectivity index (χ3n) is 4.37. The maximum Gasteiger partial charge on any atom is 0.161 e. The Morgan fingerprint density at radius 1 is 0.958 bits per heavy atom. The van der Waals surface area contributed by atoms with Crippen LogP contribution in [0.4, 0.5) is 11.6 Å². The molecule has 0 atom stereocenters. The van der Waals surface area contributed by atoms with Gasteiger partial charge in [-0.1, -0.05) is 6.07 Å². The maximum absolute atomic E-state index is 5.74. The fraction of sp³-hybridized carbons (Fsp3) is 0.444. The highest BCUT2D eigenvalue weighted by Gasteiger charge is 2.14. The van der Waals surface area contributed by atoms with E-state index in [0.717, 1.165) is 48.2 Å². The summed E-state index contributed by atoms with van der Waals surface area (Å²) >= 11 is 0. The number of nitrogens with zero attached hydrogens (tertiary/aromatic N) is 3. The van der Waals surface area contributed by atoms with Crippen LogP contribution >= 0.6 is 0 Å². The van der Waals surface area contributed by atoms with Crippen molar-refractivity contribution in [2.45, 2.75) is 25.8 Å². The number of nitrogens with one attached hydrogen (secondary N) is 1. The van der Waals surface area contributed by atoms with Crippen molar-refractivity contribution in [2.75, 3.05) is 36.5 Å². The summed E-state index contributed by atoms with van der Waals surface area (Å²) in [6, 6.07) is 8.10. The molecule has 126 valence electrons. The van der Waals surface area contributed by atoms with Gasteiger partial charge in [-0.25, -0.2) is 9.97 Å². The molecule has 6 heteroatoms. The number of rotatable bonds is 4. The predicted octanol–water partition coefficient (Wildman–Crippen LogP) is 2.85. The molecule has 4 rings (SSSR count). The quantitative estimate of drug-likeness (QED) is 0.932. The maximum atomic E-state index is 5.74. The van der Waals surface area contributed by atoms with E-state index in [1.54, 1.807) is 6.33 Å². The van der Waals surface area contributed by atoms with Gasteiger partial charge in [0.1, 0.15) is 18.0 Å². The lowest BCUT2D eigenvalue weighted by atomic mass is 10.2. The third-order valence-corrected chi connectivity index (χ3v) is 4.37. The Labute approximate surface area is 141 Å². The van der Waals surface area contributed by atoms with Crippen molar-refractivity contribution < 1.29 is 9.47 Å². The van der Waals surface area contributed by atoms with E-state index >= 15 is 0 Å². The first-order valence-corrected chi connectivity index (χ1v) is 8.58. The summed E-state index contributed by atoms with van der Waals surface area (Å²) in [5.41, 5.74) is 1.14. The van der Waals surface area contributed by atoms with Crippen LogP contribution < -0.4 is 19.7 Å². The van der Waals surface area contributed by atoms with Gasteiger partial charge in [0.25, 0.3) is 0 Å². The molecule has 0 saturated carbocycles. The number of benzene rings is 1. The molecule has 3 heterocycles. The van der Waals surface area contributed by atoms with Gasteiger partial charge < -0.3 is 19.7 Å². The van der Waals surface area contributed by atoms with Crippen molar-refractivity contribution in [1.82, 2.24) is 9.97 Å². The highest BCUT2D eigenvalue weighted by Crippen LogP contribution is 2.30.